The fourth-order valence-corrected chi connectivity index (χ4v) is 3.11. The fourth-order valence-electron chi connectivity index (χ4n) is 2.84. The molecule has 0 saturated heterocycles. The Bertz CT molecular complexity index is 887. The first kappa shape index (κ1) is 17.5. The molecular weight excluding hydrogens is 380 g/mol. The van der Waals surface area contributed by atoms with Crippen LogP contribution < -0.4 is 0 Å². The summed E-state index contributed by atoms with van der Waals surface area (Å²) in [5.41, 5.74) is 4.89. The van der Waals surface area contributed by atoms with E-state index in [4.69, 9.17) is 9.15 Å². The second-order valence-corrected chi connectivity index (χ2v) is 6.87. The van der Waals surface area contributed by atoms with E-state index < -0.39 is 5.97 Å². The Morgan fingerprint density at radius 3 is 2.24 bits per heavy atom. The van der Waals surface area contributed by atoms with Gasteiger partial charge in [0.25, 0.3) is 0 Å². The highest BCUT2D eigenvalue weighted by Gasteiger charge is 2.21. The van der Waals surface area contributed by atoms with Gasteiger partial charge in [0.15, 0.2) is 0 Å². The van der Waals surface area contributed by atoms with Gasteiger partial charge in [-0.25, -0.2) is 4.79 Å². The highest BCUT2D eigenvalue weighted by atomic mass is 79.9. The number of hydrogen-bond donors (Lipinski definition) is 0. The first-order valence-corrected chi connectivity index (χ1v) is 8.93. The standard InChI is InChI=1S/C21H19BrO3/c1-4-24-21(23)20-18(15-5-7-17(22)8-6-15)12-19(25-20)16-10-13(2)9-14(3)11-16/h5-12H,4H2,1-3H3. The Balaban J connectivity index is 2.14. The summed E-state index contributed by atoms with van der Waals surface area (Å²) in [6.07, 6.45) is 0. The molecule has 25 heavy (non-hydrogen) atoms. The first-order chi connectivity index (χ1) is 12.0. The molecule has 0 spiro atoms. The van der Waals surface area contributed by atoms with Gasteiger partial charge >= 0.3 is 5.97 Å². The van der Waals surface area contributed by atoms with E-state index in [1.165, 1.54) is 0 Å². The average molecular weight is 399 g/mol. The van der Waals surface area contributed by atoms with E-state index in [1.54, 1.807) is 6.92 Å². The molecule has 2 aromatic carbocycles. The SMILES string of the molecule is CCOC(=O)c1oc(-c2cc(C)cc(C)c2)cc1-c1ccc(Br)cc1. The Kier molecular flexibility index (Phi) is 5.09. The number of hydrogen-bond acceptors (Lipinski definition) is 3. The molecule has 4 heteroatoms. The summed E-state index contributed by atoms with van der Waals surface area (Å²) in [4.78, 5) is 12.4. The molecule has 3 nitrogen and oxygen atoms in total. The number of halogens is 1. The summed E-state index contributed by atoms with van der Waals surface area (Å²) in [7, 11) is 0. The summed E-state index contributed by atoms with van der Waals surface area (Å²) in [6, 6.07) is 15.9. The van der Waals surface area contributed by atoms with Crippen LogP contribution in [0.15, 0.2) is 57.4 Å². The van der Waals surface area contributed by atoms with Crippen LogP contribution in [0.25, 0.3) is 22.5 Å². The van der Waals surface area contributed by atoms with Crippen molar-refractivity contribution < 1.29 is 13.9 Å². The zero-order valence-corrected chi connectivity index (χ0v) is 16.0. The molecule has 0 fully saturated rings. The summed E-state index contributed by atoms with van der Waals surface area (Å²) < 4.78 is 12.1. The molecule has 0 aliphatic heterocycles. The maximum absolute atomic E-state index is 12.4. The van der Waals surface area contributed by atoms with E-state index in [0.29, 0.717) is 12.4 Å². The molecule has 0 unspecified atom stereocenters. The van der Waals surface area contributed by atoms with Crippen molar-refractivity contribution in [2.45, 2.75) is 20.8 Å². The van der Waals surface area contributed by atoms with Crippen molar-refractivity contribution in [1.82, 2.24) is 0 Å². The van der Waals surface area contributed by atoms with Crippen molar-refractivity contribution in [3.8, 4) is 22.5 Å². The largest absolute Gasteiger partial charge is 0.460 e. The minimum absolute atomic E-state index is 0.235. The third-order valence-corrected chi connectivity index (χ3v) is 4.38. The highest BCUT2D eigenvalue weighted by Crippen LogP contribution is 2.34. The van der Waals surface area contributed by atoms with Gasteiger partial charge in [-0.05, 0) is 56.7 Å². The van der Waals surface area contributed by atoms with Gasteiger partial charge < -0.3 is 9.15 Å². The Labute approximate surface area is 155 Å². The Hall–Kier alpha value is -2.33. The normalized spacial score (nSPS) is 10.7. The lowest BCUT2D eigenvalue weighted by atomic mass is 10.0. The van der Waals surface area contributed by atoms with Crippen LogP contribution in [0.2, 0.25) is 0 Å². The van der Waals surface area contributed by atoms with Crippen molar-refractivity contribution >= 4 is 21.9 Å². The number of aryl methyl sites for hydroxylation is 2. The van der Waals surface area contributed by atoms with Crippen molar-refractivity contribution in [1.29, 1.82) is 0 Å². The van der Waals surface area contributed by atoms with Gasteiger partial charge in [0, 0.05) is 15.6 Å². The number of carbonyl (C=O) groups excluding carboxylic acids is 1. The lowest BCUT2D eigenvalue weighted by Crippen LogP contribution is -2.04. The molecule has 1 aromatic heterocycles. The molecular formula is C21H19BrO3. The second-order valence-electron chi connectivity index (χ2n) is 5.96. The maximum Gasteiger partial charge on any atom is 0.374 e. The van der Waals surface area contributed by atoms with E-state index in [9.17, 15) is 4.79 Å². The van der Waals surface area contributed by atoms with Crippen LogP contribution in [0.1, 0.15) is 28.6 Å². The van der Waals surface area contributed by atoms with Crippen LogP contribution in [-0.2, 0) is 4.74 Å². The molecule has 0 saturated carbocycles. The van der Waals surface area contributed by atoms with Crippen molar-refractivity contribution in [3.63, 3.8) is 0 Å². The second kappa shape index (κ2) is 7.28. The first-order valence-electron chi connectivity index (χ1n) is 8.13. The number of ether oxygens (including phenoxy) is 1. The van der Waals surface area contributed by atoms with Crippen LogP contribution >= 0.6 is 15.9 Å². The third-order valence-electron chi connectivity index (χ3n) is 3.85. The summed E-state index contributed by atoms with van der Waals surface area (Å²) >= 11 is 3.43. The Morgan fingerprint density at radius 1 is 1.00 bits per heavy atom. The van der Waals surface area contributed by atoms with E-state index >= 15 is 0 Å². The molecule has 0 bridgehead atoms. The van der Waals surface area contributed by atoms with Crippen LogP contribution in [-0.4, -0.2) is 12.6 Å². The van der Waals surface area contributed by atoms with E-state index in [1.807, 2.05) is 56.3 Å². The van der Waals surface area contributed by atoms with Crippen LogP contribution in [0, 0.1) is 13.8 Å². The number of esters is 1. The number of benzene rings is 2. The minimum Gasteiger partial charge on any atom is -0.460 e. The topological polar surface area (TPSA) is 39.4 Å². The van der Waals surface area contributed by atoms with E-state index in [-0.39, 0.29) is 5.76 Å². The molecule has 0 amide bonds. The molecule has 0 aliphatic carbocycles. The molecule has 3 rings (SSSR count). The quantitative estimate of drug-likeness (QED) is 0.493. The predicted octanol–water partition coefficient (Wildman–Crippen LogP) is 6.17. The van der Waals surface area contributed by atoms with Crippen molar-refractivity contribution in [2.75, 3.05) is 6.61 Å². The molecule has 0 atom stereocenters. The van der Waals surface area contributed by atoms with Gasteiger partial charge in [0.1, 0.15) is 5.76 Å². The highest BCUT2D eigenvalue weighted by molar-refractivity contribution is 9.10. The van der Waals surface area contributed by atoms with Gasteiger partial charge in [-0.15, -0.1) is 0 Å². The Morgan fingerprint density at radius 2 is 1.64 bits per heavy atom. The number of furan rings is 1. The van der Waals surface area contributed by atoms with E-state index in [0.717, 1.165) is 32.3 Å². The zero-order chi connectivity index (χ0) is 18.0. The lowest BCUT2D eigenvalue weighted by molar-refractivity contribution is 0.0492. The van der Waals surface area contributed by atoms with Crippen molar-refractivity contribution in [3.05, 3.63) is 69.9 Å². The van der Waals surface area contributed by atoms with Crippen LogP contribution in [0.4, 0.5) is 0 Å². The van der Waals surface area contributed by atoms with Gasteiger partial charge in [-0.2, -0.15) is 0 Å². The molecule has 0 radical (unpaired) electrons. The van der Waals surface area contributed by atoms with Gasteiger partial charge in [-0.1, -0.05) is 45.3 Å². The summed E-state index contributed by atoms with van der Waals surface area (Å²) in [5, 5.41) is 0. The number of rotatable bonds is 4. The average Bonchev–Trinajstić information content (AvgIpc) is 3.00. The fraction of sp³-hybridized carbons (Fsp3) is 0.190. The molecule has 128 valence electrons. The van der Waals surface area contributed by atoms with Crippen molar-refractivity contribution in [2.24, 2.45) is 0 Å². The predicted molar refractivity (Wildman–Crippen MR) is 103 cm³/mol. The molecule has 1 heterocycles. The van der Waals surface area contributed by atoms with Crippen LogP contribution in [0.3, 0.4) is 0 Å². The molecule has 0 aliphatic rings. The van der Waals surface area contributed by atoms with Gasteiger partial charge in [-0.3, -0.25) is 0 Å². The smallest absolute Gasteiger partial charge is 0.374 e. The third kappa shape index (κ3) is 3.85. The van der Waals surface area contributed by atoms with E-state index in [2.05, 4.69) is 22.0 Å². The molecule has 0 N–H and O–H groups in total. The van der Waals surface area contributed by atoms with Crippen LogP contribution in [0.5, 0.6) is 0 Å². The summed E-state index contributed by atoms with van der Waals surface area (Å²) in [6.45, 7) is 6.17. The monoisotopic (exact) mass is 398 g/mol. The van der Waals surface area contributed by atoms with Gasteiger partial charge in [0.05, 0.1) is 6.61 Å². The lowest BCUT2D eigenvalue weighted by Gasteiger charge is -2.03. The summed E-state index contributed by atoms with van der Waals surface area (Å²) in [5.74, 6) is 0.446. The number of carbonyl (C=O) groups is 1. The minimum atomic E-state index is -0.448. The maximum atomic E-state index is 12.4. The zero-order valence-electron chi connectivity index (χ0n) is 14.4. The molecule has 3 aromatic rings. The van der Waals surface area contributed by atoms with Gasteiger partial charge in [0.2, 0.25) is 5.76 Å².